The lowest BCUT2D eigenvalue weighted by Crippen LogP contribution is -1.91. The highest BCUT2D eigenvalue weighted by Gasteiger charge is 2.10. The van der Waals surface area contributed by atoms with E-state index in [4.69, 9.17) is 5.11 Å². The number of aromatic carboxylic acids is 1. The molecule has 0 saturated heterocycles. The number of carbonyl (C=O) groups excluding carboxylic acids is 1. The fraction of sp³-hybridized carbons (Fsp3) is 0. The van der Waals surface area contributed by atoms with Crippen LogP contribution in [0.15, 0.2) is 35.7 Å². The summed E-state index contributed by atoms with van der Waals surface area (Å²) in [7, 11) is 0. The average Bonchev–Trinajstić information content (AvgIpc) is 2.96. The predicted octanol–water partition coefficient (Wildman–Crippen LogP) is 3.40. The standard InChI is InChI=1S/C12H8O3S2/c13-9(4-3-8-2-1-7-16-8)10-5-6-11(17-10)12(14)15/h1-7H,(H,14,15)/b4-3+. The quantitative estimate of drug-likeness (QED) is 0.680. The molecule has 2 aromatic rings. The van der Waals surface area contributed by atoms with Crippen molar-refractivity contribution in [3.05, 3.63) is 50.4 Å². The zero-order chi connectivity index (χ0) is 12.3. The van der Waals surface area contributed by atoms with Crippen molar-refractivity contribution in [2.75, 3.05) is 0 Å². The number of ketones is 1. The minimum atomic E-state index is -1.00. The summed E-state index contributed by atoms with van der Waals surface area (Å²) in [5.41, 5.74) is 0. The Hall–Kier alpha value is -1.72. The zero-order valence-corrected chi connectivity index (χ0v) is 10.3. The molecule has 2 rings (SSSR count). The molecule has 0 unspecified atom stereocenters. The zero-order valence-electron chi connectivity index (χ0n) is 8.62. The van der Waals surface area contributed by atoms with Gasteiger partial charge in [0.1, 0.15) is 4.88 Å². The van der Waals surface area contributed by atoms with Crippen LogP contribution in [0, 0.1) is 0 Å². The summed E-state index contributed by atoms with van der Waals surface area (Å²) in [5.74, 6) is -1.17. The van der Waals surface area contributed by atoms with Crippen LogP contribution >= 0.6 is 22.7 Å². The number of carboxylic acid groups (broad SMARTS) is 1. The monoisotopic (exact) mass is 264 g/mol. The average molecular weight is 264 g/mol. The Bertz CT molecular complexity index is 564. The van der Waals surface area contributed by atoms with Gasteiger partial charge in [-0.3, -0.25) is 4.79 Å². The Kier molecular flexibility index (Phi) is 3.51. The molecule has 2 aromatic heterocycles. The van der Waals surface area contributed by atoms with Gasteiger partial charge < -0.3 is 5.11 Å². The molecule has 0 aromatic carbocycles. The molecule has 0 aliphatic rings. The molecule has 3 nitrogen and oxygen atoms in total. The van der Waals surface area contributed by atoms with Crippen molar-refractivity contribution in [2.24, 2.45) is 0 Å². The second-order valence-corrected chi connectivity index (χ2v) is 5.25. The van der Waals surface area contributed by atoms with Crippen LogP contribution in [0.3, 0.4) is 0 Å². The van der Waals surface area contributed by atoms with Gasteiger partial charge in [0.25, 0.3) is 0 Å². The number of rotatable bonds is 4. The van der Waals surface area contributed by atoms with Crippen molar-refractivity contribution in [3.8, 4) is 0 Å². The maximum atomic E-state index is 11.7. The largest absolute Gasteiger partial charge is 0.477 e. The number of thiophene rings is 2. The van der Waals surface area contributed by atoms with Gasteiger partial charge in [-0.05, 0) is 35.7 Å². The Morgan fingerprint density at radius 2 is 1.94 bits per heavy atom. The second kappa shape index (κ2) is 5.07. The summed E-state index contributed by atoms with van der Waals surface area (Å²) >= 11 is 2.53. The van der Waals surface area contributed by atoms with E-state index < -0.39 is 5.97 Å². The van der Waals surface area contributed by atoms with Gasteiger partial charge in [0.15, 0.2) is 5.78 Å². The molecule has 0 aliphatic carbocycles. The van der Waals surface area contributed by atoms with Gasteiger partial charge in [-0.15, -0.1) is 22.7 Å². The summed E-state index contributed by atoms with van der Waals surface area (Å²) in [6, 6.07) is 6.79. The fourth-order valence-corrected chi connectivity index (χ4v) is 2.59. The fourth-order valence-electron chi connectivity index (χ4n) is 1.21. The molecule has 2 heterocycles. The highest BCUT2D eigenvalue weighted by atomic mass is 32.1. The van der Waals surface area contributed by atoms with Crippen LogP contribution in [-0.2, 0) is 0 Å². The third kappa shape index (κ3) is 2.89. The highest BCUT2D eigenvalue weighted by molar-refractivity contribution is 7.16. The van der Waals surface area contributed by atoms with Gasteiger partial charge in [0.05, 0.1) is 4.88 Å². The number of carbonyl (C=O) groups is 2. The summed E-state index contributed by atoms with van der Waals surface area (Å²) in [6.07, 6.45) is 3.19. The van der Waals surface area contributed by atoms with E-state index in [0.29, 0.717) is 4.88 Å². The van der Waals surface area contributed by atoms with Gasteiger partial charge in [0, 0.05) is 4.88 Å². The summed E-state index contributed by atoms with van der Waals surface area (Å²) in [5, 5.41) is 10.7. The van der Waals surface area contributed by atoms with E-state index >= 15 is 0 Å². The normalized spacial score (nSPS) is 10.8. The number of hydrogen-bond acceptors (Lipinski definition) is 4. The van der Waals surface area contributed by atoms with Crippen LogP contribution in [0.4, 0.5) is 0 Å². The van der Waals surface area contributed by atoms with Crippen LogP contribution in [-0.4, -0.2) is 16.9 Å². The van der Waals surface area contributed by atoms with Crippen molar-refractivity contribution < 1.29 is 14.7 Å². The van der Waals surface area contributed by atoms with Gasteiger partial charge in [-0.2, -0.15) is 0 Å². The first-order valence-corrected chi connectivity index (χ1v) is 6.45. The predicted molar refractivity (Wildman–Crippen MR) is 69.0 cm³/mol. The molecule has 0 aliphatic heterocycles. The highest BCUT2D eigenvalue weighted by Crippen LogP contribution is 2.18. The third-order valence-corrected chi connectivity index (χ3v) is 3.93. The summed E-state index contributed by atoms with van der Waals surface area (Å²) in [4.78, 5) is 24.0. The minimum Gasteiger partial charge on any atom is -0.477 e. The van der Waals surface area contributed by atoms with Crippen LogP contribution in [0.5, 0.6) is 0 Å². The lowest BCUT2D eigenvalue weighted by molar-refractivity contribution is 0.0702. The molecular formula is C12H8O3S2. The molecule has 0 amide bonds. The maximum Gasteiger partial charge on any atom is 0.345 e. The smallest absolute Gasteiger partial charge is 0.345 e. The van der Waals surface area contributed by atoms with Gasteiger partial charge >= 0.3 is 5.97 Å². The van der Waals surface area contributed by atoms with E-state index in [-0.39, 0.29) is 10.7 Å². The van der Waals surface area contributed by atoms with E-state index in [1.165, 1.54) is 18.2 Å². The van der Waals surface area contributed by atoms with Crippen LogP contribution < -0.4 is 0 Å². The molecule has 0 atom stereocenters. The molecule has 1 N–H and O–H groups in total. The maximum absolute atomic E-state index is 11.7. The first-order chi connectivity index (χ1) is 8.16. The Morgan fingerprint density at radius 1 is 1.18 bits per heavy atom. The van der Waals surface area contributed by atoms with E-state index in [9.17, 15) is 9.59 Å². The van der Waals surface area contributed by atoms with Crippen molar-refractivity contribution in [2.45, 2.75) is 0 Å². The molecule has 86 valence electrons. The first kappa shape index (κ1) is 11.8. The lowest BCUT2D eigenvalue weighted by Gasteiger charge is -1.88. The lowest BCUT2D eigenvalue weighted by atomic mass is 10.3. The van der Waals surface area contributed by atoms with Crippen LogP contribution in [0.2, 0.25) is 0 Å². The topological polar surface area (TPSA) is 54.4 Å². The molecule has 0 fully saturated rings. The van der Waals surface area contributed by atoms with E-state index in [1.807, 2.05) is 17.5 Å². The molecule has 0 bridgehead atoms. The number of carboxylic acids is 1. The van der Waals surface area contributed by atoms with Crippen molar-refractivity contribution in [1.29, 1.82) is 0 Å². The van der Waals surface area contributed by atoms with Crippen molar-refractivity contribution in [1.82, 2.24) is 0 Å². The van der Waals surface area contributed by atoms with E-state index in [1.54, 1.807) is 17.4 Å². The van der Waals surface area contributed by atoms with Gasteiger partial charge in [0.2, 0.25) is 0 Å². The second-order valence-electron chi connectivity index (χ2n) is 3.18. The van der Waals surface area contributed by atoms with Gasteiger partial charge in [-0.1, -0.05) is 6.07 Å². The number of allylic oxidation sites excluding steroid dienone is 1. The summed E-state index contributed by atoms with van der Waals surface area (Å²) in [6.45, 7) is 0. The Morgan fingerprint density at radius 3 is 2.53 bits per heavy atom. The summed E-state index contributed by atoms with van der Waals surface area (Å²) < 4.78 is 0. The Labute approximate surface area is 106 Å². The Balaban J connectivity index is 2.12. The minimum absolute atomic E-state index is 0.170. The molecule has 5 heteroatoms. The van der Waals surface area contributed by atoms with Crippen molar-refractivity contribution >= 4 is 40.5 Å². The molecule has 17 heavy (non-hydrogen) atoms. The van der Waals surface area contributed by atoms with Crippen LogP contribution in [0.1, 0.15) is 24.2 Å². The van der Waals surface area contributed by atoms with Crippen LogP contribution in [0.25, 0.3) is 6.08 Å². The van der Waals surface area contributed by atoms with E-state index in [0.717, 1.165) is 16.2 Å². The SMILES string of the molecule is O=C(O)c1ccc(C(=O)/C=C/c2cccs2)s1. The molecule has 0 spiro atoms. The van der Waals surface area contributed by atoms with Gasteiger partial charge in [-0.25, -0.2) is 4.79 Å². The van der Waals surface area contributed by atoms with Crippen molar-refractivity contribution in [3.63, 3.8) is 0 Å². The number of hydrogen-bond donors (Lipinski definition) is 1. The van der Waals surface area contributed by atoms with E-state index in [2.05, 4.69) is 0 Å². The molecular weight excluding hydrogens is 256 g/mol. The molecule has 0 radical (unpaired) electrons. The molecule has 0 saturated carbocycles. The third-order valence-electron chi connectivity index (χ3n) is 2.00. The first-order valence-electron chi connectivity index (χ1n) is 4.76.